The van der Waals surface area contributed by atoms with Crippen LogP contribution in [0.5, 0.6) is 0 Å². The van der Waals surface area contributed by atoms with Gasteiger partial charge in [0.25, 0.3) is 0 Å². The molecule has 0 unspecified atom stereocenters. The van der Waals surface area contributed by atoms with E-state index >= 15 is 0 Å². The van der Waals surface area contributed by atoms with Crippen molar-refractivity contribution in [2.45, 2.75) is 50.8 Å². The fraction of sp³-hybridized carbons (Fsp3) is 0.667. The molecule has 1 aliphatic rings. The number of amides is 2. The first-order valence-electron chi connectivity index (χ1n) is 7.62. The summed E-state index contributed by atoms with van der Waals surface area (Å²) in [6.07, 6.45) is -5.78. The highest BCUT2D eigenvalue weighted by Crippen LogP contribution is 2.38. The van der Waals surface area contributed by atoms with E-state index in [-0.39, 0.29) is 24.3 Å². The second kappa shape index (κ2) is 6.19. The normalized spacial score (nSPS) is 18.4. The van der Waals surface area contributed by atoms with Crippen molar-refractivity contribution in [3.05, 3.63) is 17.8 Å². The third-order valence-corrected chi connectivity index (χ3v) is 4.07. The molecule has 0 atom stereocenters. The van der Waals surface area contributed by atoms with Crippen molar-refractivity contribution >= 4 is 11.8 Å². The number of halogens is 3. The fourth-order valence-corrected chi connectivity index (χ4v) is 2.35. The van der Waals surface area contributed by atoms with Crippen LogP contribution in [-0.2, 0) is 5.41 Å². The summed E-state index contributed by atoms with van der Waals surface area (Å²) in [4.78, 5) is 13.3. The van der Waals surface area contributed by atoms with Crippen molar-refractivity contribution < 1.29 is 23.1 Å². The van der Waals surface area contributed by atoms with Crippen LogP contribution in [0, 0.1) is 0 Å². The van der Waals surface area contributed by atoms with E-state index in [0.717, 1.165) is 5.69 Å². The molecule has 0 bridgehead atoms. The van der Waals surface area contributed by atoms with E-state index in [0.29, 0.717) is 0 Å². The Labute approximate surface area is 138 Å². The van der Waals surface area contributed by atoms with Crippen molar-refractivity contribution in [1.82, 2.24) is 15.1 Å². The van der Waals surface area contributed by atoms with Gasteiger partial charge in [0.1, 0.15) is 0 Å². The molecule has 2 rings (SSSR count). The first kappa shape index (κ1) is 18.4. The molecule has 2 amide bonds. The van der Waals surface area contributed by atoms with Crippen molar-refractivity contribution in [3.63, 3.8) is 0 Å². The average molecular weight is 346 g/mol. The Kier molecular flexibility index (Phi) is 4.76. The van der Waals surface area contributed by atoms with E-state index in [4.69, 9.17) is 0 Å². The van der Waals surface area contributed by atoms with Gasteiger partial charge < -0.3 is 10.0 Å². The van der Waals surface area contributed by atoms with Crippen LogP contribution in [0.3, 0.4) is 0 Å². The zero-order valence-corrected chi connectivity index (χ0v) is 13.8. The lowest BCUT2D eigenvalue weighted by Crippen LogP contribution is -2.55. The molecule has 2 heterocycles. The number of nitrogens with one attached hydrogen (secondary N) is 1. The number of likely N-dealkylation sites (tertiary alicyclic amines) is 1. The minimum Gasteiger partial charge on any atom is -0.380 e. The van der Waals surface area contributed by atoms with E-state index in [1.807, 2.05) is 20.8 Å². The molecule has 1 aromatic rings. The molecule has 0 spiro atoms. The summed E-state index contributed by atoms with van der Waals surface area (Å²) in [5.74, 6) is 0.227. The van der Waals surface area contributed by atoms with Crippen LogP contribution in [0.15, 0.2) is 12.1 Å². The number of rotatable bonds is 1. The van der Waals surface area contributed by atoms with Crippen LogP contribution < -0.4 is 5.32 Å². The molecule has 0 radical (unpaired) electrons. The Bertz CT molecular complexity index is 588. The predicted molar refractivity (Wildman–Crippen MR) is 81.6 cm³/mol. The number of urea groups is 1. The summed E-state index contributed by atoms with van der Waals surface area (Å²) >= 11 is 0. The van der Waals surface area contributed by atoms with Gasteiger partial charge in [-0.1, -0.05) is 20.8 Å². The molecular formula is C15H21F3N4O2. The third kappa shape index (κ3) is 3.95. The van der Waals surface area contributed by atoms with Gasteiger partial charge in [0, 0.05) is 31.3 Å². The highest BCUT2D eigenvalue weighted by molar-refractivity contribution is 5.88. The molecule has 0 aromatic carbocycles. The summed E-state index contributed by atoms with van der Waals surface area (Å²) in [7, 11) is 0. The molecule has 1 saturated heterocycles. The number of carbonyl (C=O) groups excluding carboxylic acids is 1. The second-order valence-corrected chi connectivity index (χ2v) is 7.00. The Morgan fingerprint density at radius 2 is 1.79 bits per heavy atom. The molecule has 0 saturated carbocycles. The maximum Gasteiger partial charge on any atom is 0.417 e. The quantitative estimate of drug-likeness (QED) is 0.819. The van der Waals surface area contributed by atoms with E-state index in [9.17, 15) is 23.1 Å². The number of alkyl halides is 3. The Hall–Kier alpha value is -1.90. The van der Waals surface area contributed by atoms with Crippen molar-refractivity contribution in [3.8, 4) is 0 Å². The fourth-order valence-electron chi connectivity index (χ4n) is 2.35. The zero-order chi connectivity index (χ0) is 18.2. The lowest BCUT2D eigenvalue weighted by molar-refractivity contribution is -0.271. The van der Waals surface area contributed by atoms with Crippen LogP contribution in [0.2, 0.25) is 0 Å². The Balaban J connectivity index is 1.95. The maximum atomic E-state index is 12.7. The number of aliphatic hydroxyl groups is 1. The summed E-state index contributed by atoms with van der Waals surface area (Å²) < 4.78 is 38.2. The minimum absolute atomic E-state index is 0.176. The van der Waals surface area contributed by atoms with Crippen LogP contribution in [0.1, 0.15) is 39.3 Å². The van der Waals surface area contributed by atoms with Crippen LogP contribution >= 0.6 is 0 Å². The molecule has 6 nitrogen and oxygen atoms in total. The van der Waals surface area contributed by atoms with Gasteiger partial charge in [-0.2, -0.15) is 18.3 Å². The van der Waals surface area contributed by atoms with Crippen molar-refractivity contribution in [1.29, 1.82) is 0 Å². The highest BCUT2D eigenvalue weighted by atomic mass is 19.4. The summed E-state index contributed by atoms with van der Waals surface area (Å²) in [5.41, 5.74) is -2.14. The Morgan fingerprint density at radius 1 is 1.21 bits per heavy atom. The van der Waals surface area contributed by atoms with Gasteiger partial charge >= 0.3 is 12.2 Å². The van der Waals surface area contributed by atoms with Crippen molar-refractivity contribution in [2.24, 2.45) is 0 Å². The van der Waals surface area contributed by atoms with Gasteiger partial charge in [-0.3, -0.25) is 5.32 Å². The number of hydrogen-bond donors (Lipinski definition) is 2. The van der Waals surface area contributed by atoms with Gasteiger partial charge in [0.15, 0.2) is 11.4 Å². The number of nitrogens with zero attached hydrogens (tertiary/aromatic N) is 3. The maximum absolute atomic E-state index is 12.7. The standard InChI is InChI=1S/C15H21F3N4O2/c1-13(2,3)10-4-5-11(21-20-10)19-12(23)22-8-6-14(24,7-9-22)15(16,17)18/h4-5,24H,6-9H2,1-3H3,(H,19,21,23). The molecule has 1 aromatic heterocycles. The molecule has 9 heteroatoms. The number of anilines is 1. The van der Waals surface area contributed by atoms with Crippen LogP contribution in [-0.4, -0.2) is 51.1 Å². The summed E-state index contributed by atoms with van der Waals surface area (Å²) in [6.45, 7) is 5.56. The molecule has 0 aliphatic carbocycles. The van der Waals surface area contributed by atoms with Gasteiger partial charge in [0.2, 0.25) is 0 Å². The molecule has 1 aliphatic heterocycles. The number of piperidine rings is 1. The summed E-state index contributed by atoms with van der Waals surface area (Å²) in [6, 6.07) is 2.78. The number of carbonyl (C=O) groups is 1. The largest absolute Gasteiger partial charge is 0.417 e. The monoisotopic (exact) mass is 346 g/mol. The zero-order valence-electron chi connectivity index (χ0n) is 13.8. The smallest absolute Gasteiger partial charge is 0.380 e. The molecule has 1 fully saturated rings. The third-order valence-electron chi connectivity index (χ3n) is 4.07. The average Bonchev–Trinajstić information content (AvgIpc) is 2.46. The number of aromatic nitrogens is 2. The first-order valence-corrected chi connectivity index (χ1v) is 7.62. The predicted octanol–water partition coefficient (Wildman–Crippen LogP) is 2.70. The van der Waals surface area contributed by atoms with E-state index < -0.39 is 30.7 Å². The molecule has 2 N–H and O–H groups in total. The second-order valence-electron chi connectivity index (χ2n) is 7.00. The lowest BCUT2D eigenvalue weighted by Gasteiger charge is -2.38. The van der Waals surface area contributed by atoms with Gasteiger partial charge in [-0.15, -0.1) is 5.10 Å². The molecule has 24 heavy (non-hydrogen) atoms. The minimum atomic E-state index is -4.69. The van der Waals surface area contributed by atoms with Gasteiger partial charge in [0.05, 0.1) is 5.69 Å². The van der Waals surface area contributed by atoms with E-state index in [1.54, 1.807) is 12.1 Å². The van der Waals surface area contributed by atoms with E-state index in [2.05, 4.69) is 15.5 Å². The van der Waals surface area contributed by atoms with Crippen LogP contribution in [0.4, 0.5) is 23.8 Å². The first-order chi connectivity index (χ1) is 10.9. The number of hydrogen-bond acceptors (Lipinski definition) is 4. The van der Waals surface area contributed by atoms with Crippen LogP contribution in [0.25, 0.3) is 0 Å². The van der Waals surface area contributed by atoms with Gasteiger partial charge in [-0.25, -0.2) is 4.79 Å². The van der Waals surface area contributed by atoms with Gasteiger partial charge in [-0.05, 0) is 12.1 Å². The Morgan fingerprint density at radius 3 is 2.21 bits per heavy atom. The SMILES string of the molecule is CC(C)(C)c1ccc(NC(=O)N2CCC(O)(C(F)(F)F)CC2)nn1. The summed E-state index contributed by atoms with van der Waals surface area (Å²) in [5, 5.41) is 20.0. The van der Waals surface area contributed by atoms with E-state index in [1.165, 1.54) is 4.90 Å². The lowest BCUT2D eigenvalue weighted by atomic mass is 9.91. The topological polar surface area (TPSA) is 78.4 Å². The highest BCUT2D eigenvalue weighted by Gasteiger charge is 2.54. The molecule has 134 valence electrons. The van der Waals surface area contributed by atoms with Crippen molar-refractivity contribution in [2.75, 3.05) is 18.4 Å². The molecular weight excluding hydrogens is 325 g/mol.